The molecule has 148 valence electrons. The first-order valence-electron chi connectivity index (χ1n) is 8.16. The van der Waals surface area contributed by atoms with Gasteiger partial charge in [0.1, 0.15) is 12.4 Å². The molecule has 8 heteroatoms. The van der Waals surface area contributed by atoms with E-state index in [0.717, 1.165) is 5.56 Å². The number of hydrogen-bond donors (Lipinski definition) is 1. The molecule has 0 aliphatic carbocycles. The second kappa shape index (κ2) is 9.43. The predicted molar refractivity (Wildman–Crippen MR) is 102 cm³/mol. The van der Waals surface area contributed by atoms with E-state index in [-0.39, 0.29) is 30.3 Å². The van der Waals surface area contributed by atoms with E-state index in [1.165, 1.54) is 18.3 Å². The number of ether oxygens (including phenoxy) is 2. The van der Waals surface area contributed by atoms with Crippen LogP contribution < -0.4 is 15.2 Å². The standard InChI is InChI=1S/C20H17F3N2O2.ClH/c21-20(22,23)27-18-10-15(6-7-16(18)11-24)17-8-9-19(25-12-17)26-13-14-4-2-1-3-5-14;/h1-10,12H,11,13,24H2;1H. The Morgan fingerprint density at radius 3 is 2.25 bits per heavy atom. The highest BCUT2D eigenvalue weighted by Gasteiger charge is 2.32. The fourth-order valence-electron chi connectivity index (χ4n) is 2.49. The van der Waals surface area contributed by atoms with Crippen molar-refractivity contribution < 1.29 is 22.6 Å². The van der Waals surface area contributed by atoms with Crippen molar-refractivity contribution in [3.8, 4) is 22.8 Å². The quantitative estimate of drug-likeness (QED) is 0.613. The van der Waals surface area contributed by atoms with Gasteiger partial charge in [-0.15, -0.1) is 25.6 Å². The molecule has 3 rings (SSSR count). The monoisotopic (exact) mass is 410 g/mol. The zero-order valence-corrected chi connectivity index (χ0v) is 15.5. The molecule has 0 saturated heterocycles. The van der Waals surface area contributed by atoms with Crippen LogP contribution in [0.5, 0.6) is 11.6 Å². The third-order valence-electron chi connectivity index (χ3n) is 3.81. The molecule has 0 aliphatic rings. The highest BCUT2D eigenvalue weighted by Crippen LogP contribution is 2.31. The van der Waals surface area contributed by atoms with Gasteiger partial charge < -0.3 is 15.2 Å². The largest absolute Gasteiger partial charge is 0.573 e. The van der Waals surface area contributed by atoms with Crippen LogP contribution in [0, 0.1) is 0 Å². The number of benzene rings is 2. The Morgan fingerprint density at radius 2 is 1.64 bits per heavy atom. The molecule has 0 amide bonds. The lowest BCUT2D eigenvalue weighted by molar-refractivity contribution is -0.274. The Bertz CT molecular complexity index is 888. The fraction of sp³-hybridized carbons (Fsp3) is 0.150. The summed E-state index contributed by atoms with van der Waals surface area (Å²) in [5, 5.41) is 0. The van der Waals surface area contributed by atoms with Crippen LogP contribution in [-0.4, -0.2) is 11.3 Å². The molecule has 1 heterocycles. The van der Waals surface area contributed by atoms with Crippen LogP contribution >= 0.6 is 12.4 Å². The minimum atomic E-state index is -4.78. The van der Waals surface area contributed by atoms with Gasteiger partial charge in [-0.3, -0.25) is 0 Å². The molecule has 0 unspecified atom stereocenters. The van der Waals surface area contributed by atoms with Crippen LogP contribution in [0.3, 0.4) is 0 Å². The molecule has 0 bridgehead atoms. The summed E-state index contributed by atoms with van der Waals surface area (Å²) in [5.74, 6) is 0.111. The van der Waals surface area contributed by atoms with E-state index in [2.05, 4.69) is 9.72 Å². The van der Waals surface area contributed by atoms with Gasteiger partial charge >= 0.3 is 6.36 Å². The lowest BCUT2D eigenvalue weighted by atomic mass is 10.0. The summed E-state index contributed by atoms with van der Waals surface area (Å²) in [6.07, 6.45) is -3.24. The summed E-state index contributed by atoms with van der Waals surface area (Å²) in [7, 11) is 0. The predicted octanol–water partition coefficient (Wildman–Crippen LogP) is 5.11. The van der Waals surface area contributed by atoms with Crippen molar-refractivity contribution in [1.29, 1.82) is 0 Å². The van der Waals surface area contributed by atoms with E-state index >= 15 is 0 Å². The summed E-state index contributed by atoms with van der Waals surface area (Å²) in [6, 6.07) is 17.5. The summed E-state index contributed by atoms with van der Waals surface area (Å²) in [4.78, 5) is 4.21. The van der Waals surface area contributed by atoms with Crippen LogP contribution in [0.15, 0.2) is 66.9 Å². The van der Waals surface area contributed by atoms with Crippen LogP contribution in [0.25, 0.3) is 11.1 Å². The van der Waals surface area contributed by atoms with Gasteiger partial charge in [-0.2, -0.15) is 0 Å². The smallest absolute Gasteiger partial charge is 0.473 e. The van der Waals surface area contributed by atoms with Crippen molar-refractivity contribution in [2.75, 3.05) is 0 Å². The van der Waals surface area contributed by atoms with Crippen molar-refractivity contribution in [2.24, 2.45) is 5.73 Å². The average Bonchev–Trinajstić information content (AvgIpc) is 2.66. The Balaban J connectivity index is 0.00000280. The van der Waals surface area contributed by atoms with Gasteiger partial charge in [0.2, 0.25) is 5.88 Å². The van der Waals surface area contributed by atoms with Crippen LogP contribution in [0.2, 0.25) is 0 Å². The molecule has 0 saturated carbocycles. The van der Waals surface area contributed by atoms with E-state index < -0.39 is 6.36 Å². The lowest BCUT2D eigenvalue weighted by Crippen LogP contribution is -2.18. The number of alkyl halides is 3. The molecule has 0 radical (unpaired) electrons. The molecule has 28 heavy (non-hydrogen) atoms. The second-order valence-electron chi connectivity index (χ2n) is 5.73. The third-order valence-corrected chi connectivity index (χ3v) is 3.81. The summed E-state index contributed by atoms with van der Waals surface area (Å²) >= 11 is 0. The Morgan fingerprint density at radius 1 is 0.929 bits per heavy atom. The summed E-state index contributed by atoms with van der Waals surface area (Å²) in [5.41, 5.74) is 7.93. The maximum atomic E-state index is 12.6. The topological polar surface area (TPSA) is 57.4 Å². The van der Waals surface area contributed by atoms with E-state index in [0.29, 0.717) is 23.6 Å². The number of rotatable bonds is 6. The first-order chi connectivity index (χ1) is 12.9. The van der Waals surface area contributed by atoms with Crippen molar-refractivity contribution >= 4 is 12.4 Å². The van der Waals surface area contributed by atoms with E-state index in [1.807, 2.05) is 30.3 Å². The number of nitrogens with two attached hydrogens (primary N) is 1. The molecule has 0 aliphatic heterocycles. The zero-order valence-electron chi connectivity index (χ0n) is 14.6. The number of nitrogens with zero attached hydrogens (tertiary/aromatic N) is 1. The fourth-order valence-corrected chi connectivity index (χ4v) is 2.49. The van der Waals surface area contributed by atoms with Gasteiger partial charge in [0.15, 0.2) is 0 Å². The molecule has 0 atom stereocenters. The van der Waals surface area contributed by atoms with E-state index in [9.17, 15) is 13.2 Å². The SMILES string of the molecule is Cl.NCc1ccc(-c2ccc(OCc3ccccc3)nc2)cc1OC(F)(F)F. The molecule has 0 fully saturated rings. The number of hydrogen-bond acceptors (Lipinski definition) is 4. The molecule has 4 nitrogen and oxygen atoms in total. The van der Waals surface area contributed by atoms with Crippen molar-refractivity contribution in [2.45, 2.75) is 19.5 Å². The molecule has 2 N–H and O–H groups in total. The minimum Gasteiger partial charge on any atom is -0.473 e. The van der Waals surface area contributed by atoms with Gasteiger partial charge in [-0.1, -0.05) is 42.5 Å². The van der Waals surface area contributed by atoms with Crippen molar-refractivity contribution in [1.82, 2.24) is 4.98 Å². The molecule has 2 aromatic carbocycles. The maximum Gasteiger partial charge on any atom is 0.573 e. The Hall–Kier alpha value is -2.77. The Kier molecular flexibility index (Phi) is 7.25. The minimum absolute atomic E-state index is 0. The highest BCUT2D eigenvalue weighted by atomic mass is 35.5. The van der Waals surface area contributed by atoms with Gasteiger partial charge in [0.05, 0.1) is 0 Å². The lowest BCUT2D eigenvalue weighted by Gasteiger charge is -2.14. The average molecular weight is 411 g/mol. The van der Waals surface area contributed by atoms with Crippen LogP contribution in [0.1, 0.15) is 11.1 Å². The van der Waals surface area contributed by atoms with Gasteiger partial charge in [0.25, 0.3) is 0 Å². The summed E-state index contributed by atoms with van der Waals surface area (Å²) in [6.45, 7) is 0.318. The van der Waals surface area contributed by atoms with E-state index in [1.54, 1.807) is 18.2 Å². The normalized spacial score (nSPS) is 10.9. The van der Waals surface area contributed by atoms with Gasteiger partial charge in [-0.25, -0.2) is 4.98 Å². The van der Waals surface area contributed by atoms with Crippen molar-refractivity contribution in [3.05, 3.63) is 78.0 Å². The molecular weight excluding hydrogens is 393 g/mol. The first kappa shape index (κ1) is 21.5. The van der Waals surface area contributed by atoms with Gasteiger partial charge in [0, 0.05) is 29.9 Å². The molecule has 1 aromatic heterocycles. The third kappa shape index (κ3) is 5.87. The first-order valence-corrected chi connectivity index (χ1v) is 8.16. The number of pyridine rings is 1. The van der Waals surface area contributed by atoms with Gasteiger partial charge in [-0.05, 0) is 23.3 Å². The van der Waals surface area contributed by atoms with Crippen LogP contribution in [-0.2, 0) is 13.2 Å². The zero-order chi connectivity index (χ0) is 19.3. The molecule has 0 spiro atoms. The second-order valence-corrected chi connectivity index (χ2v) is 5.73. The van der Waals surface area contributed by atoms with E-state index in [4.69, 9.17) is 10.5 Å². The Labute approximate surface area is 166 Å². The van der Waals surface area contributed by atoms with Crippen molar-refractivity contribution in [3.63, 3.8) is 0 Å². The number of aromatic nitrogens is 1. The highest BCUT2D eigenvalue weighted by molar-refractivity contribution is 5.85. The van der Waals surface area contributed by atoms with Crippen LogP contribution in [0.4, 0.5) is 13.2 Å². The molecule has 3 aromatic rings. The summed E-state index contributed by atoms with van der Waals surface area (Å²) < 4.78 is 47.4. The number of halogens is 4. The maximum absolute atomic E-state index is 12.6. The molecular formula is C20H18ClF3N2O2.